The van der Waals surface area contributed by atoms with Crippen LogP contribution >= 0.6 is 0 Å². The van der Waals surface area contributed by atoms with Gasteiger partial charge < -0.3 is 26.6 Å². The van der Waals surface area contributed by atoms with Gasteiger partial charge in [-0.15, -0.1) is 0 Å². The number of hydrogen-bond acceptors (Lipinski definition) is 8. The van der Waals surface area contributed by atoms with Gasteiger partial charge >= 0.3 is 0 Å². The molecule has 0 bridgehead atoms. The van der Waals surface area contributed by atoms with Crippen LogP contribution in [0.15, 0.2) is 12.1 Å². The van der Waals surface area contributed by atoms with Crippen LogP contribution in [0.4, 0.5) is 17.8 Å². The Morgan fingerprint density at radius 2 is 1.67 bits per heavy atom. The largest absolute Gasteiger partial charge is 0.504 e. The first kappa shape index (κ1) is 20.5. The first-order valence-corrected chi connectivity index (χ1v) is 9.33. The quantitative estimate of drug-likeness (QED) is 0.525. The molecule has 0 aliphatic heterocycles. The van der Waals surface area contributed by atoms with Gasteiger partial charge in [-0.3, -0.25) is 0 Å². The van der Waals surface area contributed by atoms with E-state index >= 15 is 0 Å². The number of anilines is 3. The van der Waals surface area contributed by atoms with E-state index in [0.29, 0.717) is 29.7 Å². The molecule has 1 heterocycles. The molecule has 1 aromatic heterocycles. The van der Waals surface area contributed by atoms with Gasteiger partial charge in [0.15, 0.2) is 11.5 Å². The van der Waals surface area contributed by atoms with Crippen molar-refractivity contribution in [3.63, 3.8) is 0 Å². The lowest BCUT2D eigenvalue weighted by molar-refractivity contribution is 0.363. The van der Waals surface area contributed by atoms with Crippen molar-refractivity contribution in [2.45, 2.75) is 52.5 Å². The van der Waals surface area contributed by atoms with E-state index in [-0.39, 0.29) is 23.6 Å². The van der Waals surface area contributed by atoms with Crippen LogP contribution in [0.25, 0.3) is 0 Å². The Morgan fingerprint density at radius 3 is 2.19 bits per heavy atom. The van der Waals surface area contributed by atoms with Crippen LogP contribution in [0.5, 0.6) is 11.5 Å². The predicted octanol–water partition coefficient (Wildman–Crippen LogP) is 3.29. The lowest BCUT2D eigenvalue weighted by Crippen LogP contribution is -2.13. The highest BCUT2D eigenvalue weighted by Gasteiger charge is 2.22. The summed E-state index contributed by atoms with van der Waals surface area (Å²) < 4.78 is 5.40. The summed E-state index contributed by atoms with van der Waals surface area (Å²) in [4.78, 5) is 11.7. The molecule has 1 aromatic carbocycles. The van der Waals surface area contributed by atoms with Crippen molar-refractivity contribution in [3.8, 4) is 11.5 Å². The minimum atomic E-state index is 0.0420. The number of aromatic nitrogens is 3. The average molecular weight is 374 g/mol. The highest BCUT2D eigenvalue weighted by molar-refractivity contribution is 5.51. The summed E-state index contributed by atoms with van der Waals surface area (Å²) in [5, 5.41) is 13.6. The van der Waals surface area contributed by atoms with Crippen molar-refractivity contribution in [3.05, 3.63) is 23.3 Å². The molecule has 6 N–H and O–H groups in total. The van der Waals surface area contributed by atoms with Gasteiger partial charge in [0.1, 0.15) is 0 Å². The topological polar surface area (TPSA) is 132 Å². The molecule has 0 aliphatic rings. The second-order valence-corrected chi connectivity index (χ2v) is 6.55. The number of aromatic hydroxyl groups is 1. The Hall–Kier alpha value is -2.77. The van der Waals surface area contributed by atoms with Crippen LogP contribution in [0.2, 0.25) is 0 Å². The molecule has 2 aromatic rings. The molecule has 0 amide bonds. The maximum Gasteiger partial charge on any atom is 0.229 e. The zero-order chi connectivity index (χ0) is 20.0. The van der Waals surface area contributed by atoms with Crippen molar-refractivity contribution < 1.29 is 9.84 Å². The van der Waals surface area contributed by atoms with Crippen LogP contribution in [0.1, 0.15) is 57.1 Å². The van der Waals surface area contributed by atoms with Gasteiger partial charge in [-0.25, -0.2) is 0 Å². The summed E-state index contributed by atoms with van der Waals surface area (Å²) in [6.07, 6.45) is 3.23. The van der Waals surface area contributed by atoms with E-state index in [2.05, 4.69) is 41.0 Å². The van der Waals surface area contributed by atoms with Crippen molar-refractivity contribution in [2.24, 2.45) is 5.92 Å². The second kappa shape index (κ2) is 9.25. The number of phenolic OH excluding ortho intramolecular Hbond substituents is 1. The number of hydrogen-bond donors (Lipinski definition) is 4. The summed E-state index contributed by atoms with van der Waals surface area (Å²) in [6.45, 7) is 6.92. The zero-order valence-electron chi connectivity index (χ0n) is 16.5. The number of nitrogens with two attached hydrogens (primary N) is 2. The van der Waals surface area contributed by atoms with Gasteiger partial charge in [0.05, 0.1) is 7.11 Å². The molecule has 0 radical (unpaired) electrons. The lowest BCUT2D eigenvalue weighted by Gasteiger charge is -2.26. The van der Waals surface area contributed by atoms with Crippen LogP contribution in [-0.2, 0) is 6.54 Å². The third kappa shape index (κ3) is 4.90. The molecule has 2 rings (SSSR count). The predicted molar refractivity (Wildman–Crippen MR) is 108 cm³/mol. The standard InChI is InChI=1S/C19H30N6O2/c1-5-11(6-2)14(7-3)12-8-13(16(26)15(9-12)27-4)10-22-19-24-17(20)23-18(21)25-19/h8-9,11,14,26H,5-7,10H2,1-4H3,(H5,20,21,22,23,24,25). The monoisotopic (exact) mass is 374 g/mol. The highest BCUT2D eigenvalue weighted by atomic mass is 16.5. The van der Waals surface area contributed by atoms with Gasteiger partial charge in [0, 0.05) is 12.1 Å². The van der Waals surface area contributed by atoms with Crippen LogP contribution in [0.3, 0.4) is 0 Å². The molecule has 148 valence electrons. The molecule has 0 saturated carbocycles. The number of nitrogens with zero attached hydrogens (tertiary/aromatic N) is 3. The number of phenols is 1. The fourth-order valence-electron chi connectivity index (χ4n) is 3.56. The Labute approximate surface area is 160 Å². The molecule has 1 atom stereocenters. The molecular weight excluding hydrogens is 344 g/mol. The first-order valence-electron chi connectivity index (χ1n) is 9.33. The fourth-order valence-corrected chi connectivity index (χ4v) is 3.56. The van der Waals surface area contributed by atoms with E-state index in [9.17, 15) is 5.11 Å². The van der Waals surface area contributed by atoms with E-state index in [1.165, 1.54) is 0 Å². The summed E-state index contributed by atoms with van der Waals surface area (Å²) in [6, 6.07) is 3.95. The maximum atomic E-state index is 10.5. The van der Waals surface area contributed by atoms with Gasteiger partial charge in [0.2, 0.25) is 17.8 Å². The van der Waals surface area contributed by atoms with Crippen molar-refractivity contribution in [1.29, 1.82) is 0 Å². The number of nitrogens with one attached hydrogen (secondary N) is 1. The fraction of sp³-hybridized carbons (Fsp3) is 0.526. The van der Waals surface area contributed by atoms with E-state index in [1.54, 1.807) is 7.11 Å². The summed E-state index contributed by atoms with van der Waals surface area (Å²) >= 11 is 0. The average Bonchev–Trinajstić information content (AvgIpc) is 2.64. The van der Waals surface area contributed by atoms with Gasteiger partial charge in [-0.2, -0.15) is 15.0 Å². The van der Waals surface area contributed by atoms with E-state index in [4.69, 9.17) is 16.2 Å². The minimum absolute atomic E-state index is 0.0420. The zero-order valence-corrected chi connectivity index (χ0v) is 16.5. The van der Waals surface area contributed by atoms with Crippen molar-refractivity contribution in [2.75, 3.05) is 23.9 Å². The number of ether oxygens (including phenoxy) is 1. The first-order chi connectivity index (χ1) is 12.9. The Bertz CT molecular complexity index is 744. The van der Waals surface area contributed by atoms with E-state index in [0.717, 1.165) is 24.8 Å². The summed E-state index contributed by atoms with van der Waals surface area (Å²) in [7, 11) is 1.56. The van der Waals surface area contributed by atoms with E-state index in [1.807, 2.05) is 12.1 Å². The molecule has 8 heteroatoms. The van der Waals surface area contributed by atoms with Crippen molar-refractivity contribution >= 4 is 17.8 Å². The molecule has 0 aliphatic carbocycles. The number of rotatable bonds is 9. The van der Waals surface area contributed by atoms with Crippen LogP contribution in [-0.4, -0.2) is 27.2 Å². The smallest absolute Gasteiger partial charge is 0.229 e. The summed E-state index contributed by atoms with van der Waals surface area (Å²) in [5.41, 5.74) is 13.1. The van der Waals surface area contributed by atoms with Crippen LogP contribution in [0, 0.1) is 5.92 Å². The Balaban J connectivity index is 2.34. The normalized spacial score (nSPS) is 12.2. The molecule has 27 heavy (non-hydrogen) atoms. The SMILES string of the molecule is CCC(CC)C(CC)c1cc(CNc2nc(N)nc(N)n2)c(O)c(OC)c1. The number of methoxy groups -OCH3 is 1. The summed E-state index contributed by atoms with van der Waals surface area (Å²) in [5.74, 6) is 1.88. The molecule has 0 saturated heterocycles. The molecule has 1 unspecified atom stereocenters. The minimum Gasteiger partial charge on any atom is -0.504 e. The van der Waals surface area contributed by atoms with Crippen molar-refractivity contribution in [1.82, 2.24) is 15.0 Å². The molecule has 0 fully saturated rings. The Kier molecular flexibility index (Phi) is 7.04. The van der Waals surface area contributed by atoms with Gasteiger partial charge in [-0.05, 0) is 36.0 Å². The lowest BCUT2D eigenvalue weighted by atomic mass is 9.80. The third-order valence-electron chi connectivity index (χ3n) is 4.99. The number of benzene rings is 1. The molecule has 8 nitrogen and oxygen atoms in total. The Morgan fingerprint density at radius 1 is 1.04 bits per heavy atom. The molecule has 0 spiro atoms. The third-order valence-corrected chi connectivity index (χ3v) is 4.99. The van der Waals surface area contributed by atoms with Gasteiger partial charge in [-0.1, -0.05) is 33.6 Å². The second-order valence-electron chi connectivity index (χ2n) is 6.55. The van der Waals surface area contributed by atoms with Gasteiger partial charge in [0.25, 0.3) is 0 Å². The maximum absolute atomic E-state index is 10.5. The highest BCUT2D eigenvalue weighted by Crippen LogP contribution is 2.39. The van der Waals surface area contributed by atoms with Crippen LogP contribution < -0.4 is 21.5 Å². The number of nitrogen functional groups attached to an aromatic ring is 2. The molecular formula is C19H30N6O2. The van der Waals surface area contributed by atoms with E-state index < -0.39 is 0 Å².